The Hall–Kier alpha value is -3.88. The Morgan fingerprint density at radius 3 is 2.17 bits per heavy atom. The Bertz CT molecular complexity index is 1550. The van der Waals surface area contributed by atoms with Crippen molar-refractivity contribution in [1.29, 1.82) is 0 Å². The summed E-state index contributed by atoms with van der Waals surface area (Å²) in [5.74, 6) is 2.79. The van der Waals surface area contributed by atoms with Crippen LogP contribution in [0.1, 0.15) is 32.4 Å². The Morgan fingerprint density at radius 1 is 0.800 bits per heavy atom. The Balaban J connectivity index is 1.57. The van der Waals surface area contributed by atoms with Gasteiger partial charge in [-0.05, 0) is 65.6 Å². The second-order valence-corrected chi connectivity index (χ2v) is 10.6. The van der Waals surface area contributed by atoms with Crippen LogP contribution in [-0.4, -0.2) is 52.9 Å². The van der Waals surface area contributed by atoms with Crippen molar-refractivity contribution >= 4 is 28.8 Å². The second-order valence-electron chi connectivity index (χ2n) is 9.12. The van der Waals surface area contributed by atoms with E-state index in [4.69, 9.17) is 35.3 Å². The van der Waals surface area contributed by atoms with Crippen molar-refractivity contribution in [1.82, 2.24) is 4.90 Å². The maximum absolute atomic E-state index is 14.2. The number of methoxy groups -OCH3 is 5. The van der Waals surface area contributed by atoms with Crippen LogP contribution < -0.4 is 23.7 Å². The number of benzene rings is 3. The van der Waals surface area contributed by atoms with Crippen LogP contribution in [0.25, 0.3) is 10.4 Å². The van der Waals surface area contributed by atoms with E-state index in [-0.39, 0.29) is 5.91 Å². The minimum atomic E-state index is -0.397. The number of carbonyl (C=O) groups excluding carboxylic acids is 1. The van der Waals surface area contributed by atoms with Crippen LogP contribution in [0.15, 0.2) is 60.7 Å². The quantitative estimate of drug-likeness (QED) is 0.226. The average Bonchev–Trinajstić information content (AvgIpc) is 3.49. The third-order valence-corrected chi connectivity index (χ3v) is 8.57. The van der Waals surface area contributed by atoms with E-state index in [0.29, 0.717) is 51.6 Å². The van der Waals surface area contributed by atoms with Crippen molar-refractivity contribution < 1.29 is 28.5 Å². The standard InChI is InChI=1S/C31H30ClNO6S/c1-35-23-11-10-20(29(38-4)30(23)39-5)26-12-13-27(40-26)31(34)33-15-14-18-16-24(36-2)25(37-3)17-21(18)28(33)19-8-6-7-9-22(19)32/h6-13,16-17,28H,14-15H2,1-5H3/t28-/m1/s1. The number of amides is 1. The van der Waals surface area contributed by atoms with Gasteiger partial charge in [0.05, 0.1) is 46.5 Å². The number of fused-ring (bicyclic) bond motifs is 1. The fraction of sp³-hybridized carbons (Fsp3) is 0.258. The van der Waals surface area contributed by atoms with Gasteiger partial charge in [0.2, 0.25) is 5.75 Å². The Morgan fingerprint density at radius 2 is 1.50 bits per heavy atom. The van der Waals surface area contributed by atoms with Gasteiger partial charge in [0.15, 0.2) is 23.0 Å². The molecule has 1 atom stereocenters. The SMILES string of the molecule is COc1cc2c(cc1OC)[C@@H](c1ccccc1Cl)N(C(=O)c1ccc(-c3ccc(OC)c(OC)c3OC)s1)CC2. The predicted molar refractivity (Wildman–Crippen MR) is 157 cm³/mol. The first-order chi connectivity index (χ1) is 19.4. The fourth-order valence-electron chi connectivity index (χ4n) is 5.23. The molecule has 40 heavy (non-hydrogen) atoms. The minimum absolute atomic E-state index is 0.0824. The second kappa shape index (κ2) is 11.7. The molecular weight excluding hydrogens is 550 g/mol. The zero-order valence-corrected chi connectivity index (χ0v) is 24.5. The van der Waals surface area contributed by atoms with Crippen molar-refractivity contribution in [3.8, 4) is 39.2 Å². The molecule has 0 N–H and O–H groups in total. The summed E-state index contributed by atoms with van der Waals surface area (Å²) in [7, 11) is 7.97. The van der Waals surface area contributed by atoms with Gasteiger partial charge in [0.1, 0.15) is 0 Å². The first-order valence-corrected chi connectivity index (χ1v) is 13.8. The molecular formula is C31H30ClNO6S. The molecule has 0 saturated heterocycles. The first kappa shape index (κ1) is 27.7. The highest BCUT2D eigenvalue weighted by Crippen LogP contribution is 2.47. The van der Waals surface area contributed by atoms with Crippen molar-refractivity contribution in [2.45, 2.75) is 12.5 Å². The van der Waals surface area contributed by atoms with E-state index >= 15 is 0 Å². The van der Waals surface area contributed by atoms with E-state index in [2.05, 4.69) is 0 Å². The van der Waals surface area contributed by atoms with Crippen LogP contribution in [0.2, 0.25) is 5.02 Å². The van der Waals surface area contributed by atoms with E-state index in [1.54, 1.807) is 35.5 Å². The lowest BCUT2D eigenvalue weighted by Crippen LogP contribution is -2.40. The molecule has 0 spiro atoms. The molecule has 2 heterocycles. The van der Waals surface area contributed by atoms with Gasteiger partial charge in [-0.25, -0.2) is 0 Å². The molecule has 1 amide bonds. The third-order valence-electron chi connectivity index (χ3n) is 7.12. The molecule has 1 aliphatic rings. The molecule has 0 radical (unpaired) electrons. The highest BCUT2D eigenvalue weighted by molar-refractivity contribution is 7.17. The summed E-state index contributed by atoms with van der Waals surface area (Å²) in [5, 5.41) is 0.592. The summed E-state index contributed by atoms with van der Waals surface area (Å²) < 4.78 is 27.8. The van der Waals surface area contributed by atoms with Gasteiger partial charge in [-0.3, -0.25) is 4.79 Å². The van der Waals surface area contributed by atoms with Gasteiger partial charge in [0.25, 0.3) is 5.91 Å². The van der Waals surface area contributed by atoms with E-state index in [1.165, 1.54) is 11.3 Å². The molecule has 0 unspecified atom stereocenters. The molecule has 0 saturated carbocycles. The summed E-state index contributed by atoms with van der Waals surface area (Å²) >= 11 is 8.12. The average molecular weight is 580 g/mol. The zero-order chi connectivity index (χ0) is 28.4. The summed E-state index contributed by atoms with van der Waals surface area (Å²) in [6.45, 7) is 0.518. The number of hydrogen-bond acceptors (Lipinski definition) is 7. The summed E-state index contributed by atoms with van der Waals surface area (Å²) in [6.07, 6.45) is 0.671. The number of halogens is 1. The zero-order valence-electron chi connectivity index (χ0n) is 22.9. The number of thiophene rings is 1. The van der Waals surface area contributed by atoms with Crippen molar-refractivity contribution in [2.75, 3.05) is 42.1 Å². The van der Waals surface area contributed by atoms with Crippen LogP contribution in [-0.2, 0) is 6.42 Å². The molecule has 0 fully saturated rings. The summed E-state index contributed by atoms with van der Waals surface area (Å²) in [4.78, 5) is 17.5. The summed E-state index contributed by atoms with van der Waals surface area (Å²) in [5.41, 5.74) is 3.72. The highest BCUT2D eigenvalue weighted by Gasteiger charge is 2.35. The van der Waals surface area contributed by atoms with E-state index in [9.17, 15) is 4.79 Å². The fourth-order valence-corrected chi connectivity index (χ4v) is 6.45. The van der Waals surface area contributed by atoms with Gasteiger partial charge in [0, 0.05) is 22.0 Å². The molecule has 5 rings (SSSR count). The number of ether oxygens (including phenoxy) is 5. The van der Waals surface area contributed by atoms with Crippen LogP contribution >= 0.6 is 22.9 Å². The Labute approximate surface area is 242 Å². The van der Waals surface area contributed by atoms with Gasteiger partial charge in [-0.2, -0.15) is 0 Å². The molecule has 1 aromatic heterocycles. The number of carbonyl (C=O) groups is 1. The lowest BCUT2D eigenvalue weighted by atomic mass is 9.87. The van der Waals surface area contributed by atoms with E-state index < -0.39 is 6.04 Å². The van der Waals surface area contributed by atoms with E-state index in [0.717, 1.165) is 27.1 Å². The maximum Gasteiger partial charge on any atom is 0.264 e. The van der Waals surface area contributed by atoms with Crippen LogP contribution in [0.5, 0.6) is 28.7 Å². The summed E-state index contributed by atoms with van der Waals surface area (Å²) in [6, 6.07) is 18.7. The largest absolute Gasteiger partial charge is 0.493 e. The molecule has 1 aliphatic heterocycles. The van der Waals surface area contributed by atoms with Crippen molar-refractivity contribution in [2.24, 2.45) is 0 Å². The van der Waals surface area contributed by atoms with Crippen LogP contribution in [0, 0.1) is 0 Å². The van der Waals surface area contributed by atoms with Crippen molar-refractivity contribution in [3.63, 3.8) is 0 Å². The number of nitrogens with zero attached hydrogens (tertiary/aromatic N) is 1. The highest BCUT2D eigenvalue weighted by atomic mass is 35.5. The molecule has 208 valence electrons. The molecule has 0 bridgehead atoms. The number of rotatable bonds is 8. The third kappa shape index (κ3) is 4.82. The van der Waals surface area contributed by atoms with Gasteiger partial charge in [-0.1, -0.05) is 29.8 Å². The molecule has 9 heteroatoms. The Kier molecular flexibility index (Phi) is 8.09. The van der Waals surface area contributed by atoms with Gasteiger partial charge in [-0.15, -0.1) is 11.3 Å². The molecule has 3 aromatic carbocycles. The molecule has 4 aromatic rings. The normalized spacial score (nSPS) is 14.3. The van der Waals surface area contributed by atoms with Gasteiger partial charge < -0.3 is 28.6 Å². The van der Waals surface area contributed by atoms with Gasteiger partial charge >= 0.3 is 0 Å². The lowest BCUT2D eigenvalue weighted by Gasteiger charge is -2.38. The monoisotopic (exact) mass is 579 g/mol. The lowest BCUT2D eigenvalue weighted by molar-refractivity contribution is 0.0699. The van der Waals surface area contributed by atoms with Crippen LogP contribution in [0.4, 0.5) is 0 Å². The molecule has 7 nitrogen and oxygen atoms in total. The van der Waals surface area contributed by atoms with Crippen molar-refractivity contribution in [3.05, 3.63) is 87.3 Å². The topological polar surface area (TPSA) is 66.5 Å². The predicted octanol–water partition coefficient (Wildman–Crippen LogP) is 6.90. The van der Waals surface area contributed by atoms with E-state index in [1.807, 2.05) is 65.6 Å². The maximum atomic E-state index is 14.2. The number of hydrogen-bond donors (Lipinski definition) is 0. The molecule has 0 aliphatic carbocycles. The minimum Gasteiger partial charge on any atom is -0.493 e. The first-order valence-electron chi connectivity index (χ1n) is 12.6. The van der Waals surface area contributed by atoms with Crippen LogP contribution in [0.3, 0.4) is 0 Å². The smallest absolute Gasteiger partial charge is 0.264 e.